The van der Waals surface area contributed by atoms with Crippen LogP contribution in [0.25, 0.3) is 0 Å². The van der Waals surface area contributed by atoms with Gasteiger partial charge in [-0.05, 0) is 23.8 Å². The molecule has 2 aromatic rings. The second kappa shape index (κ2) is 4.48. The lowest BCUT2D eigenvalue weighted by atomic mass is 10.2. The summed E-state index contributed by atoms with van der Waals surface area (Å²) >= 11 is 0. The second-order valence-corrected chi connectivity index (χ2v) is 3.98. The van der Waals surface area contributed by atoms with Gasteiger partial charge in [-0.2, -0.15) is 0 Å². The van der Waals surface area contributed by atoms with Crippen LogP contribution in [-0.2, 0) is 13.6 Å². The van der Waals surface area contributed by atoms with E-state index in [1.54, 1.807) is 0 Å². The van der Waals surface area contributed by atoms with Crippen LogP contribution in [0.2, 0.25) is 0 Å². The molecule has 0 fully saturated rings. The summed E-state index contributed by atoms with van der Waals surface area (Å²) in [6.07, 6.45) is 1.39. The smallest absolute Gasteiger partial charge is 0.331 e. The highest BCUT2D eigenvalue weighted by atomic mass is 19.1. The Morgan fingerprint density at radius 1 is 1.28 bits per heavy atom. The van der Waals surface area contributed by atoms with Crippen LogP contribution in [0.4, 0.5) is 10.1 Å². The molecule has 2 N–H and O–H groups in total. The van der Waals surface area contributed by atoms with E-state index in [0.717, 1.165) is 4.57 Å². The zero-order valence-corrected chi connectivity index (χ0v) is 9.76. The van der Waals surface area contributed by atoms with Gasteiger partial charge in [-0.3, -0.25) is 9.36 Å². The van der Waals surface area contributed by atoms with Crippen LogP contribution in [0, 0.1) is 5.82 Å². The van der Waals surface area contributed by atoms with Crippen molar-refractivity contribution in [1.29, 1.82) is 0 Å². The van der Waals surface area contributed by atoms with E-state index in [1.807, 2.05) is 0 Å². The Hall–Kier alpha value is -2.37. The van der Waals surface area contributed by atoms with Crippen LogP contribution >= 0.6 is 0 Å². The molecule has 0 bridgehead atoms. The van der Waals surface area contributed by atoms with Crippen molar-refractivity contribution in [2.75, 3.05) is 5.73 Å². The third kappa shape index (κ3) is 2.17. The van der Waals surface area contributed by atoms with Crippen molar-refractivity contribution in [1.82, 2.24) is 9.13 Å². The Kier molecular flexibility index (Phi) is 3.01. The van der Waals surface area contributed by atoms with E-state index in [1.165, 1.54) is 42.1 Å². The molecule has 18 heavy (non-hydrogen) atoms. The molecule has 5 nitrogen and oxygen atoms in total. The summed E-state index contributed by atoms with van der Waals surface area (Å²) < 4.78 is 15.4. The van der Waals surface area contributed by atoms with E-state index >= 15 is 0 Å². The molecule has 0 amide bonds. The number of hydrogen-bond donors (Lipinski definition) is 1. The average Bonchev–Trinajstić information content (AvgIpc) is 2.34. The van der Waals surface area contributed by atoms with Crippen LogP contribution in [-0.4, -0.2) is 9.13 Å². The number of rotatable bonds is 2. The quantitative estimate of drug-likeness (QED) is 0.779. The number of anilines is 1. The van der Waals surface area contributed by atoms with E-state index in [-0.39, 0.29) is 6.54 Å². The molecule has 1 aromatic carbocycles. The summed E-state index contributed by atoms with van der Waals surface area (Å²) in [4.78, 5) is 23.4. The van der Waals surface area contributed by atoms with Crippen molar-refractivity contribution >= 4 is 5.69 Å². The van der Waals surface area contributed by atoms with Gasteiger partial charge < -0.3 is 10.3 Å². The highest BCUT2D eigenvalue weighted by Crippen LogP contribution is 2.13. The molecular weight excluding hydrogens is 237 g/mol. The first-order valence-corrected chi connectivity index (χ1v) is 5.29. The maximum atomic E-state index is 13.1. The van der Waals surface area contributed by atoms with Crippen molar-refractivity contribution in [3.63, 3.8) is 0 Å². The molecule has 0 spiro atoms. The topological polar surface area (TPSA) is 70.0 Å². The Balaban J connectivity index is 2.53. The number of aromatic nitrogens is 2. The predicted molar refractivity (Wildman–Crippen MR) is 65.9 cm³/mol. The second-order valence-electron chi connectivity index (χ2n) is 3.98. The first-order valence-electron chi connectivity index (χ1n) is 5.29. The number of nitrogens with two attached hydrogens (primary N) is 1. The monoisotopic (exact) mass is 249 g/mol. The summed E-state index contributed by atoms with van der Waals surface area (Å²) in [5, 5.41) is 0. The van der Waals surface area contributed by atoms with Crippen LogP contribution in [0.3, 0.4) is 0 Å². The minimum Gasteiger partial charge on any atom is -0.398 e. The van der Waals surface area contributed by atoms with Gasteiger partial charge >= 0.3 is 5.69 Å². The van der Waals surface area contributed by atoms with Gasteiger partial charge in [-0.25, -0.2) is 9.18 Å². The normalized spacial score (nSPS) is 10.6. The third-order valence-corrected chi connectivity index (χ3v) is 2.67. The first kappa shape index (κ1) is 12.1. The maximum Gasteiger partial charge on any atom is 0.331 e. The van der Waals surface area contributed by atoms with Gasteiger partial charge in [0, 0.05) is 25.0 Å². The van der Waals surface area contributed by atoms with Gasteiger partial charge in [0.25, 0.3) is 5.56 Å². The molecule has 94 valence electrons. The van der Waals surface area contributed by atoms with Crippen molar-refractivity contribution < 1.29 is 4.39 Å². The predicted octanol–water partition coefficient (Wildman–Crippen LogP) is 0.317. The molecule has 0 atom stereocenters. The molecule has 1 heterocycles. The van der Waals surface area contributed by atoms with Gasteiger partial charge in [0.05, 0.1) is 6.54 Å². The van der Waals surface area contributed by atoms with E-state index in [0.29, 0.717) is 11.3 Å². The lowest BCUT2D eigenvalue weighted by Gasteiger charge is -2.08. The number of aryl methyl sites for hydroxylation is 1. The van der Waals surface area contributed by atoms with E-state index in [2.05, 4.69) is 0 Å². The Bertz CT molecular complexity index is 703. The summed E-state index contributed by atoms with van der Waals surface area (Å²) in [6, 6.07) is 5.12. The highest BCUT2D eigenvalue weighted by molar-refractivity contribution is 5.46. The fourth-order valence-electron chi connectivity index (χ4n) is 1.64. The lowest BCUT2D eigenvalue weighted by Crippen LogP contribution is -2.38. The van der Waals surface area contributed by atoms with Crippen LogP contribution in [0.15, 0.2) is 40.1 Å². The fourth-order valence-corrected chi connectivity index (χ4v) is 1.64. The van der Waals surface area contributed by atoms with E-state index < -0.39 is 17.1 Å². The van der Waals surface area contributed by atoms with E-state index in [4.69, 9.17) is 5.73 Å². The first-order chi connectivity index (χ1) is 8.49. The van der Waals surface area contributed by atoms with Crippen LogP contribution in [0.5, 0.6) is 0 Å². The zero-order valence-electron chi connectivity index (χ0n) is 9.76. The number of nitrogens with zero attached hydrogens (tertiary/aromatic N) is 2. The number of nitrogen functional groups attached to an aromatic ring is 1. The van der Waals surface area contributed by atoms with Gasteiger partial charge in [-0.1, -0.05) is 0 Å². The molecule has 0 saturated heterocycles. The number of halogens is 1. The lowest BCUT2D eigenvalue weighted by molar-refractivity contribution is 0.614. The van der Waals surface area contributed by atoms with Gasteiger partial charge in [0.15, 0.2) is 0 Å². The zero-order chi connectivity index (χ0) is 13.3. The van der Waals surface area contributed by atoms with Gasteiger partial charge in [0.1, 0.15) is 5.82 Å². The van der Waals surface area contributed by atoms with Crippen molar-refractivity contribution in [3.8, 4) is 0 Å². The average molecular weight is 249 g/mol. The van der Waals surface area contributed by atoms with Gasteiger partial charge in [-0.15, -0.1) is 0 Å². The summed E-state index contributed by atoms with van der Waals surface area (Å²) in [5.41, 5.74) is 5.52. The standard InChI is InChI=1S/C12H12FN3O2/c1-15-5-4-11(17)16(12(15)18)7-8-6-9(13)2-3-10(8)14/h2-6H,7,14H2,1H3. The molecule has 6 heteroatoms. The van der Waals surface area contributed by atoms with Crippen molar-refractivity contribution in [2.45, 2.75) is 6.54 Å². The molecule has 0 saturated carbocycles. The SMILES string of the molecule is Cn1ccc(=O)n(Cc2cc(F)ccc2N)c1=O. The van der Waals surface area contributed by atoms with Crippen LogP contribution < -0.4 is 17.0 Å². The largest absolute Gasteiger partial charge is 0.398 e. The molecule has 0 aliphatic heterocycles. The fraction of sp³-hybridized carbons (Fsp3) is 0.167. The molecular formula is C12H12FN3O2. The number of benzene rings is 1. The van der Waals surface area contributed by atoms with Crippen molar-refractivity contribution in [3.05, 3.63) is 62.7 Å². The Labute approximate surface area is 102 Å². The van der Waals surface area contributed by atoms with Gasteiger partial charge in [0.2, 0.25) is 0 Å². The molecule has 1 aromatic heterocycles. The molecule has 0 radical (unpaired) electrons. The number of hydrogen-bond acceptors (Lipinski definition) is 3. The third-order valence-electron chi connectivity index (χ3n) is 2.67. The summed E-state index contributed by atoms with van der Waals surface area (Å²) in [6.45, 7) is -0.0457. The highest BCUT2D eigenvalue weighted by Gasteiger charge is 2.07. The maximum absolute atomic E-state index is 13.1. The minimum absolute atomic E-state index is 0.0457. The minimum atomic E-state index is -0.467. The van der Waals surface area contributed by atoms with Crippen molar-refractivity contribution in [2.24, 2.45) is 7.05 Å². The molecule has 2 rings (SSSR count). The van der Waals surface area contributed by atoms with E-state index in [9.17, 15) is 14.0 Å². The Morgan fingerprint density at radius 2 is 2.00 bits per heavy atom. The van der Waals surface area contributed by atoms with Crippen LogP contribution in [0.1, 0.15) is 5.56 Å². The summed E-state index contributed by atoms with van der Waals surface area (Å²) in [5.74, 6) is -0.458. The summed E-state index contributed by atoms with van der Waals surface area (Å²) in [7, 11) is 1.53. The molecule has 0 aliphatic rings. The molecule has 0 unspecified atom stereocenters. The Morgan fingerprint density at radius 3 is 2.72 bits per heavy atom. The molecule has 0 aliphatic carbocycles.